The third-order valence-electron chi connectivity index (χ3n) is 8.58. The van der Waals surface area contributed by atoms with Crippen molar-refractivity contribution in [2.24, 2.45) is 10.9 Å². The second-order valence-electron chi connectivity index (χ2n) is 12.6. The monoisotopic (exact) mass is 708 g/mol. The van der Waals surface area contributed by atoms with Crippen LogP contribution in [0.4, 0.5) is 5.13 Å². The van der Waals surface area contributed by atoms with Gasteiger partial charge in [-0.25, -0.2) is 9.78 Å². The number of carboxylic acids is 1. The molecule has 2 fully saturated rings. The third kappa shape index (κ3) is 7.21. The Hall–Kier alpha value is -4.37. The number of amidine groups is 1. The highest BCUT2D eigenvalue weighted by Crippen LogP contribution is 2.36. The van der Waals surface area contributed by atoms with Crippen LogP contribution in [0.25, 0.3) is 0 Å². The molecule has 1 aliphatic carbocycles. The van der Waals surface area contributed by atoms with Gasteiger partial charge in [0.2, 0.25) is 0 Å². The number of aliphatic carboxylic acids is 1. The normalized spacial score (nSPS) is 22.3. The fourth-order valence-corrected chi connectivity index (χ4v) is 6.28. The number of β-lactam (4-membered cyclic amide) rings is 1. The van der Waals surface area contributed by atoms with Crippen molar-refractivity contribution in [2.45, 2.75) is 81.7 Å². The van der Waals surface area contributed by atoms with E-state index in [4.69, 9.17) is 31.0 Å². The van der Waals surface area contributed by atoms with E-state index in [9.17, 15) is 27.9 Å². The third-order valence-corrected chi connectivity index (χ3v) is 9.59. The first kappa shape index (κ1) is 35.0. The van der Waals surface area contributed by atoms with E-state index in [1.54, 1.807) is 18.2 Å². The highest BCUT2D eigenvalue weighted by Gasteiger charge is 2.58. The Morgan fingerprint density at radius 2 is 2.04 bits per heavy atom. The molecule has 2 aliphatic heterocycles. The average Bonchev–Trinajstić information content (AvgIpc) is 3.60. The standard InChI is InChI=1S/C28H36N8O10S2/c1-26(2)20(23(38)36(26)46-48(41,42)43)34-22(37)19(16-13-47-25(30)33-16)35-45-27(3,24(39)40)18-7-5-14-12-15(4-6-17(14)44-18)21(29)32-11-10-28(31)8-9-28/h4,6,12-13,18,20H,5,7-11,31H2,1-3H3,(H2,29,32)(H2,30,33)(H,34,37)(H,39,40)(H,41,42,43)/b35-19-/t18-,20-,27+/m1/s1. The number of ether oxygens (including phenoxy) is 1. The van der Waals surface area contributed by atoms with Gasteiger partial charge in [-0.05, 0) is 76.6 Å². The number of oxime groups is 1. The number of fused-ring (bicyclic) bond motifs is 1. The van der Waals surface area contributed by atoms with Crippen molar-refractivity contribution in [2.75, 3.05) is 12.3 Å². The summed E-state index contributed by atoms with van der Waals surface area (Å²) in [6.45, 7) is 4.54. The summed E-state index contributed by atoms with van der Waals surface area (Å²) in [6.07, 6.45) is 2.23. The Morgan fingerprint density at radius 3 is 2.62 bits per heavy atom. The van der Waals surface area contributed by atoms with Crippen LogP contribution in [0.15, 0.2) is 28.7 Å². The van der Waals surface area contributed by atoms with Crippen LogP contribution in [-0.4, -0.2) is 92.8 Å². The summed E-state index contributed by atoms with van der Waals surface area (Å²) >= 11 is 0.961. The minimum atomic E-state index is -5.03. The topological polar surface area (TPSA) is 282 Å². The van der Waals surface area contributed by atoms with Gasteiger partial charge in [0.05, 0.1) is 5.54 Å². The van der Waals surface area contributed by atoms with E-state index >= 15 is 0 Å². The number of hydroxylamine groups is 2. The summed E-state index contributed by atoms with van der Waals surface area (Å²) < 4.78 is 41.7. The van der Waals surface area contributed by atoms with Crippen LogP contribution < -0.4 is 26.8 Å². The molecule has 1 saturated carbocycles. The van der Waals surface area contributed by atoms with E-state index in [0.717, 1.165) is 36.2 Å². The average molecular weight is 709 g/mol. The summed E-state index contributed by atoms with van der Waals surface area (Å²) in [4.78, 5) is 48.2. The molecule has 18 nitrogen and oxygen atoms in total. The molecule has 20 heteroatoms. The van der Waals surface area contributed by atoms with Gasteiger partial charge >= 0.3 is 16.4 Å². The number of amides is 2. The first-order valence-electron chi connectivity index (χ1n) is 14.8. The fourth-order valence-electron chi connectivity index (χ4n) is 5.28. The number of carboxylic acid groups (broad SMARTS) is 1. The van der Waals surface area contributed by atoms with Crippen molar-refractivity contribution in [3.63, 3.8) is 0 Å². The molecule has 2 amide bonds. The van der Waals surface area contributed by atoms with Gasteiger partial charge in [0.15, 0.2) is 16.9 Å². The molecule has 1 aromatic carbocycles. The lowest BCUT2D eigenvalue weighted by Crippen LogP contribution is -2.76. The van der Waals surface area contributed by atoms with E-state index < -0.39 is 57.2 Å². The van der Waals surface area contributed by atoms with Crippen LogP contribution in [0, 0.1) is 5.41 Å². The molecule has 1 aromatic heterocycles. The van der Waals surface area contributed by atoms with E-state index in [1.165, 1.54) is 26.2 Å². The first-order chi connectivity index (χ1) is 22.3. The highest BCUT2D eigenvalue weighted by molar-refractivity contribution is 7.80. The lowest BCUT2D eigenvalue weighted by Gasteiger charge is -2.50. The number of aryl methyl sites for hydroxylation is 1. The predicted octanol–water partition coefficient (Wildman–Crippen LogP) is 0.319. The zero-order chi connectivity index (χ0) is 35.2. The summed E-state index contributed by atoms with van der Waals surface area (Å²) in [5.41, 5.74) is 8.97. The Bertz CT molecular complexity index is 1790. The number of benzene rings is 1. The summed E-state index contributed by atoms with van der Waals surface area (Å²) in [5, 5.41) is 29.8. The minimum absolute atomic E-state index is 0.0559. The largest absolute Gasteiger partial charge is 0.485 e. The van der Waals surface area contributed by atoms with Gasteiger partial charge in [-0.2, -0.15) is 13.5 Å². The van der Waals surface area contributed by atoms with Gasteiger partial charge in [0.1, 0.15) is 23.3 Å². The van der Waals surface area contributed by atoms with Crippen molar-refractivity contribution in [3.05, 3.63) is 40.4 Å². The Labute approximate surface area is 279 Å². The van der Waals surface area contributed by atoms with Crippen LogP contribution >= 0.6 is 11.3 Å². The zero-order valence-corrected chi connectivity index (χ0v) is 27.8. The molecule has 9 N–H and O–H groups in total. The number of nitrogens with two attached hydrogens (primary N) is 2. The number of carbonyl (C=O) groups excluding carboxylic acids is 2. The highest BCUT2D eigenvalue weighted by atomic mass is 32.3. The summed E-state index contributed by atoms with van der Waals surface area (Å²) in [7, 11) is -5.03. The number of carbonyl (C=O) groups is 3. The van der Waals surface area contributed by atoms with E-state index in [1.807, 2.05) is 0 Å². The SMILES string of the molecule is CC1(C)[C@H](NC(=O)/C(=N\O[C@](C)(C(=O)O)[C@H]2CCc3cc(C(=N)NCCC4(N)CC4)ccc3O2)c2csc(N)n2)C(=O)N1OS(=O)(=O)O. The first-order valence-corrected chi connectivity index (χ1v) is 17.0. The molecular weight excluding hydrogens is 672 g/mol. The molecule has 5 rings (SSSR count). The maximum absolute atomic E-state index is 13.4. The Balaban J connectivity index is 1.31. The minimum Gasteiger partial charge on any atom is -0.485 e. The second-order valence-corrected chi connectivity index (χ2v) is 14.5. The molecule has 2 aromatic rings. The number of anilines is 1. The van der Waals surface area contributed by atoms with Crippen molar-refractivity contribution < 1.29 is 46.3 Å². The van der Waals surface area contributed by atoms with Gasteiger partial charge in [-0.1, -0.05) is 5.16 Å². The maximum atomic E-state index is 13.4. The number of nitrogens with zero attached hydrogens (tertiary/aromatic N) is 3. The molecule has 3 atom stereocenters. The van der Waals surface area contributed by atoms with Crippen LogP contribution in [0.3, 0.4) is 0 Å². The number of hydrogen-bond donors (Lipinski definition) is 7. The summed E-state index contributed by atoms with van der Waals surface area (Å²) in [6, 6.07) is 3.79. The molecule has 3 aliphatic rings. The number of rotatable bonds is 13. The van der Waals surface area contributed by atoms with E-state index in [2.05, 4.69) is 25.1 Å². The number of thiazole rings is 1. The van der Waals surface area contributed by atoms with Gasteiger partial charge < -0.3 is 36.8 Å². The van der Waals surface area contributed by atoms with Crippen molar-refractivity contribution >= 4 is 56.2 Å². The lowest BCUT2D eigenvalue weighted by molar-refractivity contribution is -0.218. The number of aromatic nitrogens is 1. The molecule has 0 unspecified atom stereocenters. The quantitative estimate of drug-likeness (QED) is 0.0485. The van der Waals surface area contributed by atoms with Gasteiger partial charge in [-0.15, -0.1) is 15.6 Å². The fraction of sp³-hybridized carbons (Fsp3) is 0.500. The smallest absolute Gasteiger partial charge is 0.418 e. The number of hydrogen-bond acceptors (Lipinski definition) is 14. The van der Waals surface area contributed by atoms with Crippen molar-refractivity contribution in [3.8, 4) is 5.75 Å². The van der Waals surface area contributed by atoms with Crippen molar-refractivity contribution in [1.29, 1.82) is 5.41 Å². The van der Waals surface area contributed by atoms with Gasteiger partial charge in [0.25, 0.3) is 17.4 Å². The number of nitrogen functional groups attached to an aromatic ring is 1. The molecule has 0 radical (unpaired) electrons. The molecule has 3 heterocycles. The predicted molar refractivity (Wildman–Crippen MR) is 170 cm³/mol. The van der Waals surface area contributed by atoms with Crippen LogP contribution in [0.2, 0.25) is 0 Å². The van der Waals surface area contributed by atoms with E-state index in [-0.39, 0.29) is 28.6 Å². The van der Waals surface area contributed by atoms with E-state index in [0.29, 0.717) is 29.3 Å². The van der Waals surface area contributed by atoms with Crippen LogP contribution in [0.5, 0.6) is 5.75 Å². The van der Waals surface area contributed by atoms with Crippen LogP contribution in [0.1, 0.15) is 63.3 Å². The number of nitrogens with one attached hydrogen (secondary N) is 3. The van der Waals surface area contributed by atoms with Crippen molar-refractivity contribution in [1.82, 2.24) is 20.7 Å². The lowest BCUT2D eigenvalue weighted by atomic mass is 9.84. The summed E-state index contributed by atoms with van der Waals surface area (Å²) in [5.74, 6) is -2.83. The van der Waals surface area contributed by atoms with Gasteiger partial charge in [0, 0.05) is 23.0 Å². The molecule has 0 spiro atoms. The zero-order valence-electron chi connectivity index (χ0n) is 26.2. The molecule has 48 heavy (non-hydrogen) atoms. The van der Waals surface area contributed by atoms with Gasteiger partial charge in [-0.3, -0.25) is 19.6 Å². The van der Waals surface area contributed by atoms with Crippen LogP contribution in [-0.2, 0) is 40.3 Å². The molecule has 1 saturated heterocycles. The molecule has 260 valence electrons. The Morgan fingerprint density at radius 1 is 1.33 bits per heavy atom. The Kier molecular flexibility index (Phi) is 9.16. The maximum Gasteiger partial charge on any atom is 0.418 e. The second kappa shape index (κ2) is 12.6. The molecular formula is C28H36N8O10S2. The molecule has 0 bridgehead atoms.